The van der Waals surface area contributed by atoms with Gasteiger partial charge in [-0.15, -0.1) is 35.3 Å². The van der Waals surface area contributed by atoms with Crippen molar-refractivity contribution < 1.29 is 0 Å². The first-order valence-electron chi connectivity index (χ1n) is 8.35. The molecule has 0 unspecified atom stereocenters. The van der Waals surface area contributed by atoms with Crippen LogP contribution in [0.1, 0.15) is 37.8 Å². The first-order chi connectivity index (χ1) is 11.4. The molecule has 2 N–H and O–H groups in total. The van der Waals surface area contributed by atoms with E-state index in [9.17, 15) is 0 Å². The molecule has 4 nitrogen and oxygen atoms in total. The fourth-order valence-corrected chi connectivity index (χ4v) is 3.75. The van der Waals surface area contributed by atoms with Crippen molar-refractivity contribution in [1.29, 1.82) is 0 Å². The molecule has 0 bridgehead atoms. The van der Waals surface area contributed by atoms with Gasteiger partial charge in [-0.05, 0) is 51.3 Å². The van der Waals surface area contributed by atoms with Crippen LogP contribution in [0.4, 0.5) is 0 Å². The highest BCUT2D eigenvalue weighted by molar-refractivity contribution is 14.0. The number of nitrogens with one attached hydrogen (secondary N) is 2. The molecule has 0 aliphatic rings. The van der Waals surface area contributed by atoms with Gasteiger partial charge in [0.05, 0.1) is 10.7 Å². The van der Waals surface area contributed by atoms with Gasteiger partial charge in [0.15, 0.2) is 5.96 Å². The second kappa shape index (κ2) is 10.1. The maximum Gasteiger partial charge on any atom is 0.191 e. The van der Waals surface area contributed by atoms with Crippen LogP contribution in [0.25, 0.3) is 0 Å². The average molecular weight is 472 g/mol. The lowest BCUT2D eigenvalue weighted by atomic mass is 10.00. The normalized spacial score (nSPS) is 11.2. The van der Waals surface area contributed by atoms with Gasteiger partial charge in [0.25, 0.3) is 0 Å². The summed E-state index contributed by atoms with van der Waals surface area (Å²) in [4.78, 5) is 10.2. The van der Waals surface area contributed by atoms with Crippen molar-refractivity contribution in [3.63, 3.8) is 0 Å². The molecule has 1 aromatic heterocycles. The van der Waals surface area contributed by atoms with Crippen LogP contribution >= 0.6 is 35.3 Å². The molecule has 0 saturated heterocycles. The highest BCUT2D eigenvalue weighted by Crippen LogP contribution is 2.17. The summed E-state index contributed by atoms with van der Waals surface area (Å²) in [5.74, 6) is 0.833. The SMILES string of the molecule is CN=C(NCCc1nc(C)c(C)s1)NCc1c(C)cc(C)cc1C.I. The summed E-state index contributed by atoms with van der Waals surface area (Å²) in [6.07, 6.45) is 0.919. The molecule has 0 atom stereocenters. The number of benzene rings is 1. The van der Waals surface area contributed by atoms with E-state index in [4.69, 9.17) is 0 Å². The zero-order chi connectivity index (χ0) is 17.7. The van der Waals surface area contributed by atoms with Crippen LogP contribution in [0.3, 0.4) is 0 Å². The van der Waals surface area contributed by atoms with E-state index in [2.05, 4.69) is 67.4 Å². The minimum Gasteiger partial charge on any atom is -0.356 e. The van der Waals surface area contributed by atoms with Crippen molar-refractivity contribution in [2.45, 2.75) is 47.6 Å². The van der Waals surface area contributed by atoms with E-state index in [1.165, 1.54) is 32.1 Å². The maximum absolute atomic E-state index is 4.58. The molecule has 138 valence electrons. The lowest BCUT2D eigenvalue weighted by molar-refractivity contribution is 0.786. The molecule has 25 heavy (non-hydrogen) atoms. The van der Waals surface area contributed by atoms with Gasteiger partial charge in [0.2, 0.25) is 0 Å². The standard InChI is InChI=1S/C19H28N4S.HI/c1-12-9-13(2)17(14(3)10-12)11-22-19(20-6)21-8-7-18-23-15(4)16(5)24-18;/h9-10H,7-8,11H2,1-6H3,(H2,20,21,22);1H. The minimum absolute atomic E-state index is 0. The van der Waals surface area contributed by atoms with E-state index in [1.807, 2.05) is 7.05 Å². The largest absolute Gasteiger partial charge is 0.356 e. The monoisotopic (exact) mass is 472 g/mol. The van der Waals surface area contributed by atoms with Gasteiger partial charge in [-0.3, -0.25) is 4.99 Å². The van der Waals surface area contributed by atoms with Gasteiger partial charge in [-0.2, -0.15) is 0 Å². The Morgan fingerprint density at radius 2 is 1.72 bits per heavy atom. The van der Waals surface area contributed by atoms with Crippen LogP contribution in [-0.4, -0.2) is 24.5 Å². The third kappa shape index (κ3) is 6.26. The van der Waals surface area contributed by atoms with Gasteiger partial charge in [-0.1, -0.05) is 17.7 Å². The van der Waals surface area contributed by atoms with Gasteiger partial charge >= 0.3 is 0 Å². The Morgan fingerprint density at radius 3 is 2.24 bits per heavy atom. The fraction of sp³-hybridized carbons (Fsp3) is 0.474. The molecule has 0 amide bonds. The molecule has 0 aliphatic carbocycles. The second-order valence-electron chi connectivity index (χ2n) is 6.23. The van der Waals surface area contributed by atoms with Crippen LogP contribution < -0.4 is 10.6 Å². The first kappa shape index (κ1) is 21.9. The number of aromatic nitrogens is 1. The fourth-order valence-electron chi connectivity index (χ4n) is 2.82. The molecule has 0 radical (unpaired) electrons. The predicted molar refractivity (Wildman–Crippen MR) is 120 cm³/mol. The molecule has 1 heterocycles. The van der Waals surface area contributed by atoms with Crippen molar-refractivity contribution in [3.05, 3.63) is 50.0 Å². The van der Waals surface area contributed by atoms with Gasteiger partial charge in [0.1, 0.15) is 0 Å². The first-order valence-corrected chi connectivity index (χ1v) is 9.16. The molecule has 0 aliphatic heterocycles. The number of rotatable bonds is 5. The van der Waals surface area contributed by atoms with Gasteiger partial charge < -0.3 is 10.6 Å². The number of nitrogens with zero attached hydrogens (tertiary/aromatic N) is 2. The summed E-state index contributed by atoms with van der Waals surface area (Å²) in [6.45, 7) is 12.3. The molecular weight excluding hydrogens is 443 g/mol. The molecular formula is C19H29IN4S. The molecule has 2 rings (SSSR count). The number of aryl methyl sites for hydroxylation is 5. The number of thiazole rings is 1. The summed E-state index contributed by atoms with van der Waals surface area (Å²) >= 11 is 1.78. The van der Waals surface area contributed by atoms with Crippen molar-refractivity contribution in [1.82, 2.24) is 15.6 Å². The summed E-state index contributed by atoms with van der Waals surface area (Å²) < 4.78 is 0. The Bertz CT molecular complexity index is 695. The van der Waals surface area contributed by atoms with Crippen molar-refractivity contribution in [2.24, 2.45) is 4.99 Å². The lowest BCUT2D eigenvalue weighted by Crippen LogP contribution is -2.38. The topological polar surface area (TPSA) is 49.3 Å². The second-order valence-corrected chi connectivity index (χ2v) is 7.52. The van der Waals surface area contributed by atoms with Crippen molar-refractivity contribution >= 4 is 41.3 Å². The zero-order valence-corrected chi connectivity index (χ0v) is 19.1. The zero-order valence-electron chi connectivity index (χ0n) is 16.0. The average Bonchev–Trinajstić information content (AvgIpc) is 2.82. The number of hydrogen-bond acceptors (Lipinski definition) is 3. The molecule has 0 saturated carbocycles. The maximum atomic E-state index is 4.58. The van der Waals surface area contributed by atoms with E-state index in [0.29, 0.717) is 0 Å². The number of guanidine groups is 1. The molecule has 2 aromatic rings. The minimum atomic E-state index is 0. The molecule has 0 spiro atoms. The third-order valence-electron chi connectivity index (χ3n) is 4.20. The smallest absolute Gasteiger partial charge is 0.191 e. The quantitative estimate of drug-likeness (QED) is 0.390. The Morgan fingerprint density at radius 1 is 1.08 bits per heavy atom. The molecule has 6 heteroatoms. The molecule has 0 fully saturated rings. The highest BCUT2D eigenvalue weighted by Gasteiger charge is 2.06. The number of halogens is 1. The van der Waals surface area contributed by atoms with E-state index in [-0.39, 0.29) is 24.0 Å². The third-order valence-corrected chi connectivity index (χ3v) is 5.33. The highest BCUT2D eigenvalue weighted by atomic mass is 127. The molecule has 1 aromatic carbocycles. The summed E-state index contributed by atoms with van der Waals surface area (Å²) in [7, 11) is 1.81. The van der Waals surface area contributed by atoms with Gasteiger partial charge in [0, 0.05) is 31.4 Å². The summed E-state index contributed by atoms with van der Waals surface area (Å²) in [5.41, 5.74) is 6.44. The van der Waals surface area contributed by atoms with E-state index in [0.717, 1.165) is 31.2 Å². The van der Waals surface area contributed by atoms with Crippen LogP contribution in [-0.2, 0) is 13.0 Å². The number of aliphatic imine (C=N–C) groups is 1. The van der Waals surface area contributed by atoms with E-state index >= 15 is 0 Å². The van der Waals surface area contributed by atoms with Crippen LogP contribution in [0.15, 0.2) is 17.1 Å². The van der Waals surface area contributed by atoms with E-state index < -0.39 is 0 Å². The van der Waals surface area contributed by atoms with Crippen LogP contribution in [0.2, 0.25) is 0 Å². The Kier molecular flexibility index (Phi) is 8.85. The van der Waals surface area contributed by atoms with Gasteiger partial charge in [-0.25, -0.2) is 4.98 Å². The number of hydrogen-bond donors (Lipinski definition) is 2. The van der Waals surface area contributed by atoms with Crippen LogP contribution in [0.5, 0.6) is 0 Å². The lowest BCUT2D eigenvalue weighted by Gasteiger charge is -2.15. The summed E-state index contributed by atoms with van der Waals surface area (Å²) in [6, 6.07) is 4.46. The Hall–Kier alpha value is -1.15. The van der Waals surface area contributed by atoms with Crippen molar-refractivity contribution in [2.75, 3.05) is 13.6 Å². The summed E-state index contributed by atoms with van der Waals surface area (Å²) in [5, 5.41) is 7.96. The van der Waals surface area contributed by atoms with E-state index in [1.54, 1.807) is 11.3 Å². The van der Waals surface area contributed by atoms with Crippen LogP contribution in [0, 0.1) is 34.6 Å². The van der Waals surface area contributed by atoms with Crippen molar-refractivity contribution in [3.8, 4) is 0 Å². The Balaban J connectivity index is 0.00000312. The predicted octanol–water partition coefficient (Wildman–Crippen LogP) is 4.21. The Labute approximate surface area is 172 Å².